The molecule has 7 heteroatoms. The van der Waals surface area contributed by atoms with E-state index in [0.717, 1.165) is 3.57 Å². The third kappa shape index (κ3) is 4.82. The summed E-state index contributed by atoms with van der Waals surface area (Å²) in [4.78, 5) is 19.6. The predicted octanol–water partition coefficient (Wildman–Crippen LogP) is 0.644. The maximum absolute atomic E-state index is 11.7. The molecule has 1 rings (SSSR count). The van der Waals surface area contributed by atoms with E-state index in [1.54, 1.807) is 20.2 Å². The van der Waals surface area contributed by atoms with Crippen LogP contribution in [0.5, 0.6) is 0 Å². The number of nitrogens with one attached hydrogen (secondary N) is 2. The van der Waals surface area contributed by atoms with Crippen LogP contribution in [0, 0.1) is 3.57 Å². The minimum atomic E-state index is -0.352. The molecule has 0 aromatic carbocycles. The number of carbonyl (C=O) groups is 1. The van der Waals surface area contributed by atoms with Crippen molar-refractivity contribution in [2.24, 2.45) is 0 Å². The highest BCUT2D eigenvalue weighted by molar-refractivity contribution is 14.1. The molecule has 94 valence electrons. The van der Waals surface area contributed by atoms with Crippen LogP contribution in [0.3, 0.4) is 0 Å². The van der Waals surface area contributed by atoms with E-state index in [2.05, 4.69) is 43.2 Å². The molecule has 0 aliphatic heterocycles. The minimum absolute atomic E-state index is 0.0866. The summed E-state index contributed by atoms with van der Waals surface area (Å²) in [7, 11) is 1.59. The lowest BCUT2D eigenvalue weighted by atomic mass is 10.3. The number of anilines is 1. The fourth-order valence-corrected chi connectivity index (χ4v) is 1.57. The maximum Gasteiger partial charge on any atom is 0.242 e. The highest BCUT2D eigenvalue weighted by atomic mass is 127. The number of ether oxygens (including phenoxy) is 1. The molecular weight excluding hydrogens is 335 g/mol. The highest BCUT2D eigenvalue weighted by Crippen LogP contribution is 2.13. The molecule has 1 unspecified atom stereocenters. The standard InChI is InChI=1S/C10H15IN4O2/c1-7(10(16)13-3-4-17-2)15-9-8(11)5-12-6-14-9/h5-7H,3-4H2,1-2H3,(H,13,16)(H,12,14,15). The van der Waals surface area contributed by atoms with Gasteiger partial charge in [0.05, 0.1) is 10.2 Å². The Morgan fingerprint density at radius 1 is 1.65 bits per heavy atom. The zero-order chi connectivity index (χ0) is 12.7. The Morgan fingerprint density at radius 2 is 2.41 bits per heavy atom. The lowest BCUT2D eigenvalue weighted by Crippen LogP contribution is -2.39. The van der Waals surface area contributed by atoms with Gasteiger partial charge in [0.1, 0.15) is 18.2 Å². The normalized spacial score (nSPS) is 11.9. The minimum Gasteiger partial charge on any atom is -0.383 e. The van der Waals surface area contributed by atoms with Crippen molar-refractivity contribution in [3.8, 4) is 0 Å². The van der Waals surface area contributed by atoms with Gasteiger partial charge in [-0.3, -0.25) is 4.79 Å². The number of rotatable bonds is 6. The monoisotopic (exact) mass is 350 g/mol. The first-order valence-corrected chi connectivity index (χ1v) is 6.21. The molecule has 1 atom stereocenters. The summed E-state index contributed by atoms with van der Waals surface area (Å²) < 4.78 is 5.73. The van der Waals surface area contributed by atoms with Gasteiger partial charge in [0.25, 0.3) is 0 Å². The number of hydrogen-bond donors (Lipinski definition) is 2. The Morgan fingerprint density at radius 3 is 3.06 bits per heavy atom. The zero-order valence-electron chi connectivity index (χ0n) is 9.74. The number of aromatic nitrogens is 2. The third-order valence-electron chi connectivity index (χ3n) is 2.02. The lowest BCUT2D eigenvalue weighted by molar-refractivity contribution is -0.121. The number of amides is 1. The van der Waals surface area contributed by atoms with Crippen LogP contribution in [0.25, 0.3) is 0 Å². The molecule has 0 aliphatic rings. The molecular formula is C10H15IN4O2. The third-order valence-corrected chi connectivity index (χ3v) is 2.81. The van der Waals surface area contributed by atoms with Gasteiger partial charge >= 0.3 is 0 Å². The Bertz CT molecular complexity index is 375. The molecule has 1 heterocycles. The Labute approximate surface area is 114 Å². The van der Waals surface area contributed by atoms with Crippen molar-refractivity contribution in [3.05, 3.63) is 16.1 Å². The van der Waals surface area contributed by atoms with Gasteiger partial charge in [-0.2, -0.15) is 0 Å². The summed E-state index contributed by atoms with van der Waals surface area (Å²) in [6.45, 7) is 2.78. The van der Waals surface area contributed by atoms with E-state index in [0.29, 0.717) is 19.0 Å². The van der Waals surface area contributed by atoms with Crippen LogP contribution in [-0.4, -0.2) is 42.2 Å². The molecule has 2 N–H and O–H groups in total. The fourth-order valence-electron chi connectivity index (χ4n) is 1.12. The average molecular weight is 350 g/mol. The molecule has 1 amide bonds. The molecule has 6 nitrogen and oxygen atoms in total. The van der Waals surface area contributed by atoms with Crippen LogP contribution in [0.15, 0.2) is 12.5 Å². The summed E-state index contributed by atoms with van der Waals surface area (Å²) in [6.07, 6.45) is 3.13. The smallest absolute Gasteiger partial charge is 0.242 e. The Hall–Kier alpha value is -0.960. The van der Waals surface area contributed by atoms with Gasteiger partial charge in [-0.1, -0.05) is 0 Å². The molecule has 1 aromatic heterocycles. The lowest BCUT2D eigenvalue weighted by Gasteiger charge is -2.14. The summed E-state index contributed by atoms with van der Waals surface area (Å²) in [6, 6.07) is -0.352. The SMILES string of the molecule is COCCNC(=O)C(C)Nc1ncncc1I. The molecule has 17 heavy (non-hydrogen) atoms. The van der Waals surface area contributed by atoms with E-state index in [1.807, 2.05) is 0 Å². The van der Waals surface area contributed by atoms with Gasteiger partial charge in [0.2, 0.25) is 5.91 Å². The second kappa shape index (κ2) is 7.38. The van der Waals surface area contributed by atoms with Crippen LogP contribution in [-0.2, 0) is 9.53 Å². The Balaban J connectivity index is 2.46. The summed E-state index contributed by atoms with van der Waals surface area (Å²) in [5, 5.41) is 5.78. The Kier molecular flexibility index (Phi) is 6.12. The van der Waals surface area contributed by atoms with Crippen LogP contribution < -0.4 is 10.6 Å². The summed E-state index contributed by atoms with van der Waals surface area (Å²) in [5.74, 6) is 0.575. The number of carbonyl (C=O) groups excluding carboxylic acids is 1. The van der Waals surface area contributed by atoms with E-state index in [4.69, 9.17) is 4.74 Å². The molecule has 0 saturated heterocycles. The van der Waals surface area contributed by atoms with Gasteiger partial charge in [-0.05, 0) is 29.5 Å². The van der Waals surface area contributed by atoms with Crippen molar-refractivity contribution >= 4 is 34.3 Å². The number of methoxy groups -OCH3 is 1. The van der Waals surface area contributed by atoms with Crippen molar-refractivity contribution in [1.29, 1.82) is 0 Å². The second-order valence-electron chi connectivity index (χ2n) is 3.37. The molecule has 1 aromatic rings. The van der Waals surface area contributed by atoms with E-state index >= 15 is 0 Å². The molecule has 0 fully saturated rings. The van der Waals surface area contributed by atoms with Crippen LogP contribution in [0.2, 0.25) is 0 Å². The summed E-state index contributed by atoms with van der Waals surface area (Å²) >= 11 is 2.11. The average Bonchev–Trinajstić information content (AvgIpc) is 2.32. The van der Waals surface area contributed by atoms with Crippen LogP contribution >= 0.6 is 22.6 Å². The number of nitrogens with zero attached hydrogens (tertiary/aromatic N) is 2. The first-order chi connectivity index (χ1) is 8.15. The topological polar surface area (TPSA) is 76.1 Å². The summed E-state index contributed by atoms with van der Waals surface area (Å²) in [5.41, 5.74) is 0. The highest BCUT2D eigenvalue weighted by Gasteiger charge is 2.13. The van der Waals surface area contributed by atoms with Crippen molar-refractivity contribution in [2.45, 2.75) is 13.0 Å². The molecule has 0 bridgehead atoms. The number of halogens is 1. The van der Waals surface area contributed by atoms with Crippen molar-refractivity contribution in [1.82, 2.24) is 15.3 Å². The van der Waals surface area contributed by atoms with E-state index in [-0.39, 0.29) is 11.9 Å². The van der Waals surface area contributed by atoms with Gasteiger partial charge < -0.3 is 15.4 Å². The van der Waals surface area contributed by atoms with Gasteiger partial charge in [0, 0.05) is 19.9 Å². The maximum atomic E-state index is 11.7. The van der Waals surface area contributed by atoms with Gasteiger partial charge in [-0.25, -0.2) is 9.97 Å². The van der Waals surface area contributed by atoms with Crippen LogP contribution in [0.4, 0.5) is 5.82 Å². The van der Waals surface area contributed by atoms with Crippen molar-refractivity contribution in [2.75, 3.05) is 25.6 Å². The van der Waals surface area contributed by atoms with Crippen molar-refractivity contribution in [3.63, 3.8) is 0 Å². The first-order valence-electron chi connectivity index (χ1n) is 5.14. The zero-order valence-corrected chi connectivity index (χ0v) is 11.9. The molecule has 0 spiro atoms. The predicted molar refractivity (Wildman–Crippen MR) is 72.7 cm³/mol. The molecule has 0 aliphatic carbocycles. The fraction of sp³-hybridized carbons (Fsp3) is 0.500. The van der Waals surface area contributed by atoms with Crippen molar-refractivity contribution < 1.29 is 9.53 Å². The van der Waals surface area contributed by atoms with Gasteiger partial charge in [0.15, 0.2) is 0 Å². The molecule has 0 radical (unpaired) electrons. The molecule has 0 saturated carbocycles. The largest absolute Gasteiger partial charge is 0.383 e. The second-order valence-corrected chi connectivity index (χ2v) is 4.53. The van der Waals surface area contributed by atoms with E-state index in [1.165, 1.54) is 6.33 Å². The van der Waals surface area contributed by atoms with Gasteiger partial charge in [-0.15, -0.1) is 0 Å². The first kappa shape index (κ1) is 14.1. The quantitative estimate of drug-likeness (QED) is 0.582. The van der Waals surface area contributed by atoms with E-state index in [9.17, 15) is 4.79 Å². The van der Waals surface area contributed by atoms with Crippen LogP contribution in [0.1, 0.15) is 6.92 Å². The van der Waals surface area contributed by atoms with E-state index < -0.39 is 0 Å². The number of hydrogen-bond acceptors (Lipinski definition) is 5.